The van der Waals surface area contributed by atoms with Crippen LogP contribution in [0.2, 0.25) is 10.0 Å². The van der Waals surface area contributed by atoms with Gasteiger partial charge < -0.3 is 15.4 Å². The molecule has 7 heteroatoms. The molecular formula is C17H16Cl2N2O3. The number of ether oxygens (including phenoxy) is 1. The Balaban J connectivity index is 1.84. The predicted octanol–water partition coefficient (Wildman–Crippen LogP) is 3.76. The fraction of sp³-hybridized carbons (Fsp3) is 0.176. The number of methoxy groups -OCH3 is 1. The van der Waals surface area contributed by atoms with Gasteiger partial charge in [0.1, 0.15) is 5.75 Å². The first-order valence-electron chi connectivity index (χ1n) is 7.17. The van der Waals surface area contributed by atoms with E-state index in [1.165, 1.54) is 7.11 Å². The first-order valence-corrected chi connectivity index (χ1v) is 7.93. The van der Waals surface area contributed by atoms with Gasteiger partial charge in [-0.15, -0.1) is 0 Å². The summed E-state index contributed by atoms with van der Waals surface area (Å²) in [5.41, 5.74) is 0.904. The fourth-order valence-electron chi connectivity index (χ4n) is 1.97. The quantitative estimate of drug-likeness (QED) is 0.817. The molecule has 0 aliphatic rings. The normalized spacial score (nSPS) is 10.1. The molecule has 0 bridgehead atoms. The van der Waals surface area contributed by atoms with E-state index < -0.39 is 0 Å². The maximum absolute atomic E-state index is 12.0. The molecule has 126 valence electrons. The lowest BCUT2D eigenvalue weighted by atomic mass is 10.2. The highest BCUT2D eigenvalue weighted by atomic mass is 35.5. The molecular weight excluding hydrogens is 351 g/mol. The Morgan fingerprint density at radius 3 is 2.62 bits per heavy atom. The molecule has 0 spiro atoms. The third kappa shape index (κ3) is 4.88. The van der Waals surface area contributed by atoms with E-state index >= 15 is 0 Å². The van der Waals surface area contributed by atoms with E-state index in [1.807, 2.05) is 0 Å². The first kappa shape index (κ1) is 18.1. The van der Waals surface area contributed by atoms with Gasteiger partial charge in [0.15, 0.2) is 0 Å². The second kappa shape index (κ2) is 8.57. The van der Waals surface area contributed by atoms with Crippen molar-refractivity contribution < 1.29 is 14.3 Å². The minimum Gasteiger partial charge on any atom is -0.497 e. The van der Waals surface area contributed by atoms with Crippen LogP contribution in [0.3, 0.4) is 0 Å². The van der Waals surface area contributed by atoms with Crippen LogP contribution in [-0.2, 0) is 4.79 Å². The topological polar surface area (TPSA) is 67.4 Å². The van der Waals surface area contributed by atoms with Crippen molar-refractivity contribution in [3.63, 3.8) is 0 Å². The van der Waals surface area contributed by atoms with Crippen LogP contribution in [0.25, 0.3) is 0 Å². The van der Waals surface area contributed by atoms with Crippen LogP contribution < -0.4 is 15.4 Å². The molecule has 0 fully saturated rings. The summed E-state index contributed by atoms with van der Waals surface area (Å²) < 4.78 is 5.07. The maximum Gasteiger partial charge on any atom is 0.251 e. The highest BCUT2D eigenvalue weighted by molar-refractivity contribution is 6.43. The summed E-state index contributed by atoms with van der Waals surface area (Å²) in [5, 5.41) is 5.98. The zero-order valence-corrected chi connectivity index (χ0v) is 14.4. The summed E-state index contributed by atoms with van der Waals surface area (Å²) >= 11 is 11.9. The Kier molecular flexibility index (Phi) is 6.46. The number of carbonyl (C=O) groups excluding carboxylic acids is 2. The van der Waals surface area contributed by atoms with E-state index in [0.717, 1.165) is 0 Å². The highest BCUT2D eigenvalue weighted by Crippen LogP contribution is 2.29. The first-order chi connectivity index (χ1) is 11.5. The molecule has 0 aliphatic heterocycles. The highest BCUT2D eigenvalue weighted by Gasteiger charge is 2.10. The van der Waals surface area contributed by atoms with Gasteiger partial charge in [-0.05, 0) is 30.3 Å². The molecule has 2 rings (SSSR count). The second-order valence-electron chi connectivity index (χ2n) is 4.89. The number of rotatable bonds is 6. The average molecular weight is 367 g/mol. The van der Waals surface area contributed by atoms with Crippen LogP contribution >= 0.6 is 23.2 Å². The summed E-state index contributed by atoms with van der Waals surface area (Å²) in [6.07, 6.45) is 0.110. The lowest BCUT2D eigenvalue weighted by Crippen LogP contribution is -2.27. The smallest absolute Gasteiger partial charge is 0.251 e. The molecule has 0 aromatic heterocycles. The fourth-order valence-corrected chi connectivity index (χ4v) is 2.32. The molecule has 0 unspecified atom stereocenters. The number of hydrogen-bond donors (Lipinski definition) is 2. The summed E-state index contributed by atoms with van der Waals surface area (Å²) in [6.45, 7) is 0.195. The van der Waals surface area contributed by atoms with Crippen molar-refractivity contribution in [1.82, 2.24) is 5.32 Å². The Bertz CT molecular complexity index is 750. The summed E-state index contributed by atoms with van der Waals surface area (Å²) in [4.78, 5) is 23.9. The van der Waals surface area contributed by atoms with Crippen LogP contribution in [0.4, 0.5) is 5.69 Å². The van der Waals surface area contributed by atoms with Gasteiger partial charge >= 0.3 is 0 Å². The molecule has 2 aromatic carbocycles. The molecule has 2 N–H and O–H groups in total. The largest absolute Gasteiger partial charge is 0.497 e. The van der Waals surface area contributed by atoms with Gasteiger partial charge in [-0.1, -0.05) is 35.3 Å². The number of halogens is 2. The van der Waals surface area contributed by atoms with Crippen molar-refractivity contribution in [1.29, 1.82) is 0 Å². The standard InChI is InChI=1S/C17H16Cl2N2O3/c1-24-12-5-2-4-11(10-12)17(23)20-9-8-15(22)21-14-7-3-6-13(18)16(14)19/h2-7,10H,8-9H2,1H3,(H,20,23)(H,21,22). The third-order valence-corrected chi connectivity index (χ3v) is 4.01. The van der Waals surface area contributed by atoms with Crippen molar-refractivity contribution in [3.8, 4) is 5.75 Å². The number of anilines is 1. The predicted molar refractivity (Wildman–Crippen MR) is 95.0 cm³/mol. The molecule has 2 amide bonds. The van der Waals surface area contributed by atoms with Crippen LogP contribution in [0.1, 0.15) is 16.8 Å². The van der Waals surface area contributed by atoms with Gasteiger partial charge in [-0.3, -0.25) is 9.59 Å². The minimum absolute atomic E-state index is 0.110. The molecule has 0 radical (unpaired) electrons. The molecule has 0 saturated heterocycles. The molecule has 2 aromatic rings. The molecule has 5 nitrogen and oxygen atoms in total. The van der Waals surface area contributed by atoms with Crippen molar-refractivity contribution >= 4 is 40.7 Å². The van der Waals surface area contributed by atoms with Crippen molar-refractivity contribution in [2.45, 2.75) is 6.42 Å². The summed E-state index contributed by atoms with van der Waals surface area (Å²) in [7, 11) is 1.53. The summed E-state index contributed by atoms with van der Waals surface area (Å²) in [6, 6.07) is 11.7. The molecule has 0 heterocycles. The van der Waals surface area contributed by atoms with Crippen LogP contribution in [-0.4, -0.2) is 25.5 Å². The van der Waals surface area contributed by atoms with Crippen LogP contribution in [0, 0.1) is 0 Å². The minimum atomic E-state index is -0.275. The zero-order valence-electron chi connectivity index (χ0n) is 12.9. The van der Waals surface area contributed by atoms with E-state index in [1.54, 1.807) is 42.5 Å². The van der Waals surface area contributed by atoms with Crippen molar-refractivity contribution in [3.05, 3.63) is 58.1 Å². The number of amides is 2. The number of nitrogens with one attached hydrogen (secondary N) is 2. The monoisotopic (exact) mass is 366 g/mol. The van der Waals surface area contributed by atoms with Gasteiger partial charge in [-0.2, -0.15) is 0 Å². The van der Waals surface area contributed by atoms with Gasteiger partial charge in [0.05, 0.1) is 22.8 Å². The molecule has 0 aliphatic carbocycles. The van der Waals surface area contributed by atoms with E-state index in [4.69, 9.17) is 27.9 Å². The average Bonchev–Trinajstić information content (AvgIpc) is 2.59. The van der Waals surface area contributed by atoms with Gasteiger partial charge in [0, 0.05) is 18.5 Å². The number of benzene rings is 2. The summed E-state index contributed by atoms with van der Waals surface area (Å²) in [5.74, 6) is 0.0450. The number of carbonyl (C=O) groups is 2. The molecule has 0 atom stereocenters. The van der Waals surface area contributed by atoms with E-state index in [-0.39, 0.29) is 29.8 Å². The van der Waals surface area contributed by atoms with Gasteiger partial charge in [0.2, 0.25) is 5.91 Å². The maximum atomic E-state index is 12.0. The van der Waals surface area contributed by atoms with Gasteiger partial charge in [-0.25, -0.2) is 0 Å². The Labute approximate surface area is 149 Å². The van der Waals surface area contributed by atoms with E-state index in [9.17, 15) is 9.59 Å². The second-order valence-corrected chi connectivity index (χ2v) is 5.67. The van der Waals surface area contributed by atoms with Crippen molar-refractivity contribution in [2.24, 2.45) is 0 Å². The Hall–Kier alpha value is -2.24. The van der Waals surface area contributed by atoms with Crippen LogP contribution in [0.5, 0.6) is 5.75 Å². The molecule has 0 saturated carbocycles. The van der Waals surface area contributed by atoms with Crippen LogP contribution in [0.15, 0.2) is 42.5 Å². The lowest BCUT2D eigenvalue weighted by Gasteiger charge is -2.09. The number of hydrogen-bond acceptors (Lipinski definition) is 3. The van der Waals surface area contributed by atoms with Crippen molar-refractivity contribution in [2.75, 3.05) is 19.0 Å². The SMILES string of the molecule is COc1cccc(C(=O)NCCC(=O)Nc2cccc(Cl)c2Cl)c1. The van der Waals surface area contributed by atoms with E-state index in [0.29, 0.717) is 22.0 Å². The zero-order chi connectivity index (χ0) is 17.5. The molecule has 24 heavy (non-hydrogen) atoms. The Morgan fingerprint density at radius 1 is 1.12 bits per heavy atom. The third-order valence-electron chi connectivity index (χ3n) is 3.20. The Morgan fingerprint density at radius 2 is 1.88 bits per heavy atom. The lowest BCUT2D eigenvalue weighted by molar-refractivity contribution is -0.116. The van der Waals surface area contributed by atoms with Gasteiger partial charge in [0.25, 0.3) is 5.91 Å². The van der Waals surface area contributed by atoms with E-state index in [2.05, 4.69) is 10.6 Å².